The van der Waals surface area contributed by atoms with E-state index in [-0.39, 0.29) is 35.0 Å². The molecule has 3 unspecified atom stereocenters. The number of rotatable bonds is 2. The first kappa shape index (κ1) is 16.4. The maximum atomic E-state index is 13.2. The Morgan fingerprint density at radius 2 is 2.10 bits per heavy atom. The van der Waals surface area contributed by atoms with Crippen molar-refractivity contribution in [1.29, 1.82) is 0 Å². The van der Waals surface area contributed by atoms with Crippen molar-refractivity contribution in [2.45, 2.75) is 39.7 Å². The van der Waals surface area contributed by atoms with Crippen LogP contribution in [0.25, 0.3) is 0 Å². The first-order valence-corrected chi connectivity index (χ1v) is 8.04. The number of benzene rings is 1. The van der Waals surface area contributed by atoms with E-state index in [0.29, 0.717) is 10.2 Å². The predicted octanol–water partition coefficient (Wildman–Crippen LogP) is 3.93. The van der Waals surface area contributed by atoms with Gasteiger partial charge >= 0.3 is 0 Å². The first-order valence-electron chi connectivity index (χ1n) is 7.25. The number of carbonyl (C=O) groups excluding carboxylic acids is 1. The highest BCUT2D eigenvalue weighted by molar-refractivity contribution is 9.10. The van der Waals surface area contributed by atoms with Gasteiger partial charge in [0.05, 0.1) is 4.47 Å². The van der Waals surface area contributed by atoms with E-state index in [4.69, 9.17) is 5.73 Å². The number of halogens is 2. The van der Waals surface area contributed by atoms with E-state index in [1.54, 1.807) is 12.1 Å². The number of nitrogens with one attached hydrogen (secondary N) is 1. The summed E-state index contributed by atoms with van der Waals surface area (Å²) in [5.41, 5.74) is 6.58. The third-order valence-corrected chi connectivity index (χ3v) is 5.61. The Hall–Kier alpha value is -0.940. The Bertz CT molecular complexity index is 547. The smallest absolute Gasteiger partial charge is 0.228 e. The third kappa shape index (κ3) is 3.29. The van der Waals surface area contributed by atoms with E-state index >= 15 is 0 Å². The van der Waals surface area contributed by atoms with Crippen LogP contribution in [-0.4, -0.2) is 11.9 Å². The molecule has 0 aliphatic heterocycles. The maximum Gasteiger partial charge on any atom is 0.228 e. The summed E-state index contributed by atoms with van der Waals surface area (Å²) in [6.45, 7) is 6.31. The molecule has 3 nitrogen and oxygen atoms in total. The number of nitrogens with two attached hydrogens (primary N) is 1. The van der Waals surface area contributed by atoms with E-state index in [1.807, 2.05) is 0 Å². The Labute approximate surface area is 133 Å². The summed E-state index contributed by atoms with van der Waals surface area (Å²) in [4.78, 5) is 12.6. The maximum absolute atomic E-state index is 13.2. The van der Waals surface area contributed by atoms with Crippen molar-refractivity contribution in [2.24, 2.45) is 23.0 Å². The van der Waals surface area contributed by atoms with E-state index < -0.39 is 0 Å². The van der Waals surface area contributed by atoms with Gasteiger partial charge in [0.1, 0.15) is 5.82 Å². The van der Waals surface area contributed by atoms with Crippen LogP contribution in [0, 0.1) is 23.1 Å². The molecule has 1 saturated carbocycles. The molecule has 1 aromatic carbocycles. The molecule has 0 bridgehead atoms. The Morgan fingerprint density at radius 3 is 2.71 bits per heavy atom. The average molecular weight is 357 g/mol. The largest absolute Gasteiger partial charge is 0.327 e. The van der Waals surface area contributed by atoms with Gasteiger partial charge in [0, 0.05) is 17.6 Å². The SMILES string of the molecule is CC1C(N)CCC(C(=O)Nc2ccc(F)c(Br)c2)C1(C)C. The molecule has 3 N–H and O–H groups in total. The fourth-order valence-corrected chi connectivity index (χ4v) is 3.50. The molecule has 0 aromatic heterocycles. The predicted molar refractivity (Wildman–Crippen MR) is 86.4 cm³/mol. The lowest BCUT2D eigenvalue weighted by molar-refractivity contribution is -0.127. The summed E-state index contributed by atoms with van der Waals surface area (Å²) >= 11 is 3.13. The molecular formula is C16H22BrFN2O. The van der Waals surface area contributed by atoms with Crippen molar-refractivity contribution in [3.63, 3.8) is 0 Å². The quantitative estimate of drug-likeness (QED) is 0.843. The van der Waals surface area contributed by atoms with Crippen molar-refractivity contribution in [2.75, 3.05) is 5.32 Å². The number of amides is 1. The molecular weight excluding hydrogens is 335 g/mol. The van der Waals surface area contributed by atoms with Crippen LogP contribution in [-0.2, 0) is 4.79 Å². The molecule has 1 amide bonds. The highest BCUT2D eigenvalue weighted by Gasteiger charge is 2.44. The molecule has 0 saturated heterocycles. The van der Waals surface area contributed by atoms with E-state index in [0.717, 1.165) is 12.8 Å². The van der Waals surface area contributed by atoms with Crippen LogP contribution in [0.15, 0.2) is 22.7 Å². The van der Waals surface area contributed by atoms with Gasteiger partial charge in [-0.05, 0) is 58.3 Å². The standard InChI is InChI=1S/C16H22BrFN2O/c1-9-14(19)7-5-11(16(9,2)3)15(21)20-10-4-6-13(18)12(17)8-10/h4,6,8-9,11,14H,5,7,19H2,1-3H3,(H,20,21). The summed E-state index contributed by atoms with van der Waals surface area (Å²) in [6.07, 6.45) is 1.64. The van der Waals surface area contributed by atoms with Crippen molar-refractivity contribution >= 4 is 27.5 Å². The topological polar surface area (TPSA) is 55.1 Å². The molecule has 1 aromatic rings. The van der Waals surface area contributed by atoms with Crippen molar-refractivity contribution in [1.82, 2.24) is 0 Å². The van der Waals surface area contributed by atoms with Gasteiger partial charge in [-0.25, -0.2) is 4.39 Å². The summed E-state index contributed by atoms with van der Waals surface area (Å²) in [7, 11) is 0. The summed E-state index contributed by atoms with van der Waals surface area (Å²) in [5, 5.41) is 2.89. The normalized spacial score (nSPS) is 28.2. The van der Waals surface area contributed by atoms with Crippen LogP contribution < -0.4 is 11.1 Å². The molecule has 1 fully saturated rings. The number of carbonyl (C=O) groups is 1. The minimum atomic E-state index is -0.342. The minimum Gasteiger partial charge on any atom is -0.327 e. The Morgan fingerprint density at radius 1 is 1.43 bits per heavy atom. The fraction of sp³-hybridized carbons (Fsp3) is 0.562. The fourth-order valence-electron chi connectivity index (χ4n) is 3.12. The van der Waals surface area contributed by atoms with Crippen molar-refractivity contribution in [3.8, 4) is 0 Å². The number of hydrogen-bond acceptors (Lipinski definition) is 2. The van der Waals surface area contributed by atoms with Crippen molar-refractivity contribution < 1.29 is 9.18 Å². The van der Waals surface area contributed by atoms with Gasteiger partial charge in [0.25, 0.3) is 0 Å². The van der Waals surface area contributed by atoms with Gasteiger partial charge in [0.2, 0.25) is 5.91 Å². The van der Waals surface area contributed by atoms with Gasteiger partial charge in [-0.1, -0.05) is 20.8 Å². The van der Waals surface area contributed by atoms with Crippen LogP contribution in [0.3, 0.4) is 0 Å². The highest BCUT2D eigenvalue weighted by Crippen LogP contribution is 2.44. The monoisotopic (exact) mass is 356 g/mol. The molecule has 2 rings (SSSR count). The lowest BCUT2D eigenvalue weighted by atomic mass is 9.61. The molecule has 3 atom stereocenters. The van der Waals surface area contributed by atoms with Crippen LogP contribution in [0.1, 0.15) is 33.6 Å². The van der Waals surface area contributed by atoms with E-state index in [1.165, 1.54) is 6.07 Å². The molecule has 1 aliphatic rings. The third-order valence-electron chi connectivity index (χ3n) is 5.01. The van der Waals surface area contributed by atoms with Gasteiger partial charge in [-0.3, -0.25) is 4.79 Å². The van der Waals surface area contributed by atoms with Gasteiger partial charge in [-0.2, -0.15) is 0 Å². The summed E-state index contributed by atoms with van der Waals surface area (Å²) in [5.74, 6) is -0.166. The van der Waals surface area contributed by atoms with Crippen LogP contribution in [0.5, 0.6) is 0 Å². The van der Waals surface area contributed by atoms with E-state index in [9.17, 15) is 9.18 Å². The number of hydrogen-bond donors (Lipinski definition) is 2. The Kier molecular flexibility index (Phi) is 4.73. The number of anilines is 1. The molecule has 21 heavy (non-hydrogen) atoms. The van der Waals surface area contributed by atoms with Gasteiger partial charge in [0.15, 0.2) is 0 Å². The van der Waals surface area contributed by atoms with Crippen LogP contribution in [0.4, 0.5) is 10.1 Å². The second-order valence-corrected chi connectivity index (χ2v) is 7.38. The molecule has 0 heterocycles. The molecule has 116 valence electrons. The minimum absolute atomic E-state index is 0.0164. The van der Waals surface area contributed by atoms with Gasteiger partial charge in [-0.15, -0.1) is 0 Å². The molecule has 0 spiro atoms. The zero-order valence-corrected chi connectivity index (χ0v) is 14.2. The molecule has 1 aliphatic carbocycles. The zero-order valence-electron chi connectivity index (χ0n) is 12.6. The molecule has 5 heteroatoms. The zero-order chi connectivity index (χ0) is 15.8. The Balaban J connectivity index is 2.14. The molecule has 0 radical (unpaired) electrons. The van der Waals surface area contributed by atoms with E-state index in [2.05, 4.69) is 42.0 Å². The second-order valence-electron chi connectivity index (χ2n) is 6.52. The van der Waals surface area contributed by atoms with Gasteiger partial charge < -0.3 is 11.1 Å². The first-order chi connectivity index (χ1) is 9.73. The highest BCUT2D eigenvalue weighted by atomic mass is 79.9. The van der Waals surface area contributed by atoms with Crippen LogP contribution >= 0.6 is 15.9 Å². The lowest BCUT2D eigenvalue weighted by Crippen LogP contribution is -2.50. The lowest BCUT2D eigenvalue weighted by Gasteiger charge is -2.46. The van der Waals surface area contributed by atoms with Crippen molar-refractivity contribution in [3.05, 3.63) is 28.5 Å². The summed E-state index contributed by atoms with van der Waals surface area (Å²) < 4.78 is 13.6. The second kappa shape index (κ2) is 6.05. The summed E-state index contributed by atoms with van der Waals surface area (Å²) in [6, 6.07) is 4.63. The van der Waals surface area contributed by atoms with Crippen LogP contribution in [0.2, 0.25) is 0 Å². The average Bonchev–Trinajstić information content (AvgIpc) is 2.40.